The van der Waals surface area contributed by atoms with Crippen LogP contribution in [0.1, 0.15) is 0 Å². The average molecular weight is 379 g/mol. The number of hydrogen-bond acceptors (Lipinski definition) is 5. The summed E-state index contributed by atoms with van der Waals surface area (Å²) in [6.45, 7) is 0. The van der Waals surface area contributed by atoms with E-state index in [-0.39, 0.29) is 11.3 Å². The number of halogens is 1. The zero-order chi connectivity index (χ0) is 18.8. The van der Waals surface area contributed by atoms with Crippen molar-refractivity contribution in [1.29, 1.82) is 0 Å². The summed E-state index contributed by atoms with van der Waals surface area (Å²) < 4.78 is 7.15. The normalized spacial score (nSPS) is 10.7. The first-order chi connectivity index (χ1) is 13.1. The third kappa shape index (κ3) is 3.47. The number of pyridine rings is 1. The lowest BCUT2D eigenvalue weighted by molar-refractivity contribution is 0.472. The van der Waals surface area contributed by atoms with Crippen LogP contribution in [0.25, 0.3) is 11.0 Å². The highest BCUT2D eigenvalue weighted by Crippen LogP contribution is 2.28. The van der Waals surface area contributed by atoms with Crippen LogP contribution in [-0.2, 0) is 7.05 Å². The Morgan fingerprint density at radius 2 is 1.78 bits per heavy atom. The number of para-hydroxylation sites is 2. The van der Waals surface area contributed by atoms with Gasteiger partial charge < -0.3 is 10.1 Å². The summed E-state index contributed by atoms with van der Waals surface area (Å²) in [7, 11) is 1.64. The average Bonchev–Trinajstić information content (AvgIpc) is 2.69. The topological polar surface area (TPSA) is 69.0 Å². The van der Waals surface area contributed by atoms with Crippen molar-refractivity contribution in [3.63, 3.8) is 0 Å². The first-order valence-corrected chi connectivity index (χ1v) is 8.61. The molecule has 2 aromatic heterocycles. The van der Waals surface area contributed by atoms with Gasteiger partial charge in [0.05, 0.1) is 5.02 Å². The summed E-state index contributed by atoms with van der Waals surface area (Å²) >= 11 is 6.12. The lowest BCUT2D eigenvalue weighted by atomic mass is 10.3. The molecular weight excluding hydrogens is 364 g/mol. The Balaban J connectivity index is 1.73. The maximum atomic E-state index is 12.7. The van der Waals surface area contributed by atoms with E-state index in [0.29, 0.717) is 27.8 Å². The van der Waals surface area contributed by atoms with Crippen LogP contribution >= 0.6 is 11.6 Å². The molecule has 0 radical (unpaired) electrons. The molecule has 1 N–H and O–H groups in total. The minimum atomic E-state index is -0.313. The van der Waals surface area contributed by atoms with E-state index in [1.165, 1.54) is 4.57 Å². The van der Waals surface area contributed by atoms with Crippen LogP contribution in [-0.4, -0.2) is 14.5 Å². The van der Waals surface area contributed by atoms with E-state index >= 15 is 0 Å². The van der Waals surface area contributed by atoms with Gasteiger partial charge in [-0.2, -0.15) is 4.98 Å². The molecule has 2 heterocycles. The summed E-state index contributed by atoms with van der Waals surface area (Å²) in [5.74, 6) is 0.979. The summed E-state index contributed by atoms with van der Waals surface area (Å²) in [6, 6.07) is 18.2. The summed E-state index contributed by atoms with van der Waals surface area (Å²) in [4.78, 5) is 21.5. The molecule has 0 atom stereocenters. The highest BCUT2D eigenvalue weighted by molar-refractivity contribution is 6.32. The number of fused-ring (bicyclic) bond motifs is 1. The van der Waals surface area contributed by atoms with E-state index in [1.54, 1.807) is 43.6 Å². The van der Waals surface area contributed by atoms with Crippen LogP contribution < -0.4 is 15.6 Å². The first-order valence-electron chi connectivity index (χ1n) is 8.23. The molecule has 2 aromatic carbocycles. The van der Waals surface area contributed by atoms with Gasteiger partial charge in [-0.25, -0.2) is 4.98 Å². The highest BCUT2D eigenvalue weighted by Gasteiger charge is 2.12. The number of benzene rings is 2. The van der Waals surface area contributed by atoms with Gasteiger partial charge in [0.1, 0.15) is 11.4 Å². The number of nitrogens with zero attached hydrogens (tertiary/aromatic N) is 3. The maximum absolute atomic E-state index is 12.7. The van der Waals surface area contributed by atoms with Crippen molar-refractivity contribution in [2.45, 2.75) is 0 Å². The number of aryl methyl sites for hydroxylation is 1. The van der Waals surface area contributed by atoms with E-state index in [1.807, 2.05) is 30.3 Å². The second kappa shape index (κ2) is 7.09. The smallest absolute Gasteiger partial charge is 0.294 e. The van der Waals surface area contributed by atoms with Gasteiger partial charge in [-0.15, -0.1) is 0 Å². The van der Waals surface area contributed by atoms with E-state index in [2.05, 4.69) is 15.3 Å². The van der Waals surface area contributed by atoms with Gasteiger partial charge in [-0.05, 0) is 30.3 Å². The molecule has 0 saturated carbocycles. The molecule has 134 valence electrons. The molecule has 6 nitrogen and oxygen atoms in total. The minimum absolute atomic E-state index is 0.158. The molecule has 0 amide bonds. The molecule has 0 aliphatic rings. The molecule has 0 aliphatic heterocycles. The Morgan fingerprint density at radius 3 is 2.56 bits per heavy atom. The molecule has 0 unspecified atom stereocenters. The van der Waals surface area contributed by atoms with Gasteiger partial charge in [0, 0.05) is 24.3 Å². The SMILES string of the molecule is Cn1c(=O)c(Oc2ccccc2Cl)cc2cnc(Nc3ccccc3)nc21. The Kier molecular flexibility index (Phi) is 4.48. The first kappa shape index (κ1) is 17.1. The number of rotatable bonds is 4. The lowest BCUT2D eigenvalue weighted by Crippen LogP contribution is -2.19. The number of aromatic nitrogens is 3. The third-order valence-corrected chi connectivity index (χ3v) is 4.31. The monoisotopic (exact) mass is 378 g/mol. The van der Waals surface area contributed by atoms with Crippen LogP contribution in [0.4, 0.5) is 11.6 Å². The molecule has 0 fully saturated rings. The van der Waals surface area contributed by atoms with Gasteiger partial charge in [0.25, 0.3) is 5.56 Å². The predicted molar refractivity (Wildman–Crippen MR) is 106 cm³/mol. The zero-order valence-electron chi connectivity index (χ0n) is 14.4. The van der Waals surface area contributed by atoms with Gasteiger partial charge in [-0.3, -0.25) is 9.36 Å². The Bertz CT molecular complexity index is 1180. The molecule has 4 aromatic rings. The van der Waals surface area contributed by atoms with Crippen molar-refractivity contribution in [3.05, 3.63) is 82.2 Å². The van der Waals surface area contributed by atoms with Crippen LogP contribution in [0.5, 0.6) is 11.5 Å². The van der Waals surface area contributed by atoms with Gasteiger partial charge in [0.15, 0.2) is 5.75 Å². The van der Waals surface area contributed by atoms with Crippen molar-refractivity contribution in [2.24, 2.45) is 7.05 Å². The highest BCUT2D eigenvalue weighted by atomic mass is 35.5. The van der Waals surface area contributed by atoms with Crippen LogP contribution in [0.15, 0.2) is 71.7 Å². The molecule has 0 bridgehead atoms. The van der Waals surface area contributed by atoms with Crippen LogP contribution in [0.3, 0.4) is 0 Å². The predicted octanol–water partition coefficient (Wildman–Crippen LogP) is 4.52. The van der Waals surface area contributed by atoms with E-state index in [0.717, 1.165) is 5.69 Å². The largest absolute Gasteiger partial charge is 0.450 e. The van der Waals surface area contributed by atoms with Crippen LogP contribution in [0.2, 0.25) is 5.02 Å². The minimum Gasteiger partial charge on any atom is -0.450 e. The fraction of sp³-hybridized carbons (Fsp3) is 0.0500. The van der Waals surface area contributed by atoms with Crippen molar-refractivity contribution in [1.82, 2.24) is 14.5 Å². The Hall–Kier alpha value is -3.38. The quantitative estimate of drug-likeness (QED) is 0.565. The summed E-state index contributed by atoms with van der Waals surface area (Å²) in [6.07, 6.45) is 1.65. The second-order valence-electron chi connectivity index (χ2n) is 5.87. The van der Waals surface area contributed by atoms with E-state index < -0.39 is 0 Å². The standard InChI is InChI=1S/C20H15ClN4O2/c1-25-18-13(12-22-20(24-18)23-14-7-3-2-4-8-14)11-17(19(25)26)27-16-10-6-5-9-15(16)21/h2-12H,1H3,(H,22,23,24). The van der Waals surface area contributed by atoms with Crippen LogP contribution in [0, 0.1) is 0 Å². The molecule has 4 rings (SSSR count). The molecule has 7 heteroatoms. The molecule has 0 saturated heterocycles. The summed E-state index contributed by atoms with van der Waals surface area (Å²) in [5, 5.41) is 4.23. The fourth-order valence-electron chi connectivity index (χ4n) is 2.65. The van der Waals surface area contributed by atoms with E-state index in [4.69, 9.17) is 16.3 Å². The molecule has 27 heavy (non-hydrogen) atoms. The van der Waals surface area contributed by atoms with E-state index in [9.17, 15) is 4.79 Å². The van der Waals surface area contributed by atoms with Crippen molar-refractivity contribution in [3.8, 4) is 11.5 Å². The third-order valence-electron chi connectivity index (χ3n) is 4.00. The maximum Gasteiger partial charge on any atom is 0.294 e. The Morgan fingerprint density at radius 1 is 1.04 bits per heavy atom. The molecular formula is C20H15ClN4O2. The molecule has 0 spiro atoms. The summed E-state index contributed by atoms with van der Waals surface area (Å²) in [5.41, 5.74) is 1.05. The number of anilines is 2. The zero-order valence-corrected chi connectivity index (χ0v) is 15.1. The van der Waals surface area contributed by atoms with Gasteiger partial charge in [-0.1, -0.05) is 41.9 Å². The van der Waals surface area contributed by atoms with Crippen molar-refractivity contribution in [2.75, 3.05) is 5.32 Å². The Labute approximate surface area is 160 Å². The molecule has 0 aliphatic carbocycles. The number of ether oxygens (including phenoxy) is 1. The van der Waals surface area contributed by atoms with Gasteiger partial charge in [0.2, 0.25) is 5.95 Å². The van der Waals surface area contributed by atoms with Crippen molar-refractivity contribution >= 4 is 34.3 Å². The number of hydrogen-bond donors (Lipinski definition) is 1. The van der Waals surface area contributed by atoms with Gasteiger partial charge >= 0.3 is 0 Å². The fourth-order valence-corrected chi connectivity index (χ4v) is 2.82. The van der Waals surface area contributed by atoms with Crippen molar-refractivity contribution < 1.29 is 4.74 Å². The second-order valence-corrected chi connectivity index (χ2v) is 6.28. The lowest BCUT2D eigenvalue weighted by Gasteiger charge is -2.11. The number of nitrogens with one attached hydrogen (secondary N) is 1.